The number of carbonyl (C=O) groups excluding carboxylic acids is 2. The lowest BCUT2D eigenvalue weighted by atomic mass is 9.75. The molecule has 25 heavy (non-hydrogen) atoms. The van der Waals surface area contributed by atoms with Gasteiger partial charge in [0.15, 0.2) is 28.8 Å². The van der Waals surface area contributed by atoms with Crippen LogP contribution < -0.4 is 14.2 Å². The van der Waals surface area contributed by atoms with Gasteiger partial charge in [-0.15, -0.1) is 0 Å². The lowest BCUT2D eigenvalue weighted by Crippen LogP contribution is -2.51. The molecule has 1 unspecified atom stereocenters. The molecule has 1 aromatic carbocycles. The Balaban J connectivity index is 2.31. The van der Waals surface area contributed by atoms with E-state index < -0.39 is 17.3 Å². The second-order valence-corrected chi connectivity index (χ2v) is 6.61. The summed E-state index contributed by atoms with van der Waals surface area (Å²) in [5.74, 6) is -0.537. The van der Waals surface area contributed by atoms with Crippen LogP contribution in [0.15, 0.2) is 11.8 Å². The summed E-state index contributed by atoms with van der Waals surface area (Å²) in [6, 6.07) is 0. The average Bonchev–Trinajstić information content (AvgIpc) is 2.87. The van der Waals surface area contributed by atoms with Crippen LogP contribution in [0, 0.1) is 5.92 Å². The highest BCUT2D eigenvalue weighted by molar-refractivity contribution is 6.41. The first kappa shape index (κ1) is 17.9. The summed E-state index contributed by atoms with van der Waals surface area (Å²) in [7, 11) is 4.16. The third kappa shape index (κ3) is 2.24. The van der Waals surface area contributed by atoms with E-state index in [-0.39, 0.29) is 50.8 Å². The number of fused-ring (bicyclic) bond motifs is 1. The number of hydrogen-bond acceptors (Lipinski definition) is 6. The van der Waals surface area contributed by atoms with E-state index in [9.17, 15) is 9.59 Å². The molecule has 3 rings (SSSR count). The smallest absolute Gasteiger partial charge is 0.231 e. The molecule has 0 bridgehead atoms. The van der Waals surface area contributed by atoms with Gasteiger partial charge in [0.25, 0.3) is 0 Å². The van der Waals surface area contributed by atoms with Crippen molar-refractivity contribution in [3.8, 4) is 17.2 Å². The van der Waals surface area contributed by atoms with Crippen LogP contribution in [-0.4, -0.2) is 38.5 Å². The normalized spacial score (nSPS) is 24.7. The van der Waals surface area contributed by atoms with Crippen LogP contribution in [0.5, 0.6) is 17.2 Å². The minimum atomic E-state index is -1.49. The van der Waals surface area contributed by atoms with E-state index in [1.807, 2.05) is 0 Å². The van der Waals surface area contributed by atoms with Gasteiger partial charge in [0, 0.05) is 18.4 Å². The van der Waals surface area contributed by atoms with E-state index in [1.165, 1.54) is 27.4 Å². The molecular formula is C17H16Cl2O6. The molecule has 1 aliphatic carbocycles. The van der Waals surface area contributed by atoms with Crippen LogP contribution in [0.25, 0.3) is 0 Å². The van der Waals surface area contributed by atoms with Gasteiger partial charge < -0.3 is 18.9 Å². The van der Waals surface area contributed by atoms with E-state index in [1.54, 1.807) is 6.92 Å². The third-order valence-electron chi connectivity index (χ3n) is 4.57. The molecule has 0 N–H and O–H groups in total. The van der Waals surface area contributed by atoms with Gasteiger partial charge in [0.2, 0.25) is 11.4 Å². The summed E-state index contributed by atoms with van der Waals surface area (Å²) >= 11 is 12.6. The van der Waals surface area contributed by atoms with Gasteiger partial charge in [-0.3, -0.25) is 9.59 Å². The van der Waals surface area contributed by atoms with Crippen LogP contribution in [0.3, 0.4) is 0 Å². The van der Waals surface area contributed by atoms with Gasteiger partial charge in [-0.1, -0.05) is 30.1 Å². The first-order chi connectivity index (χ1) is 11.8. The van der Waals surface area contributed by atoms with Gasteiger partial charge in [-0.2, -0.15) is 0 Å². The molecule has 0 saturated heterocycles. The number of Topliss-reactive ketones (excluding diaryl/α,β-unsaturated/α-hetero) is 1. The van der Waals surface area contributed by atoms with Crippen molar-refractivity contribution in [1.29, 1.82) is 0 Å². The minimum absolute atomic E-state index is 0.0630. The van der Waals surface area contributed by atoms with Gasteiger partial charge in [-0.05, 0) is 0 Å². The molecule has 8 heteroatoms. The van der Waals surface area contributed by atoms with Crippen LogP contribution in [-0.2, 0) is 9.53 Å². The quantitative estimate of drug-likeness (QED) is 0.791. The van der Waals surface area contributed by atoms with E-state index in [0.29, 0.717) is 0 Å². The largest absolute Gasteiger partial charge is 0.496 e. The molecule has 2 atom stereocenters. The Morgan fingerprint density at radius 1 is 1.08 bits per heavy atom. The Hall–Kier alpha value is -1.92. The number of ketones is 2. The number of hydrogen-bond donors (Lipinski definition) is 0. The summed E-state index contributed by atoms with van der Waals surface area (Å²) in [5.41, 5.74) is -1.38. The monoisotopic (exact) mass is 386 g/mol. The zero-order valence-corrected chi connectivity index (χ0v) is 15.6. The summed E-state index contributed by atoms with van der Waals surface area (Å²) < 4.78 is 21.9. The molecule has 0 amide bonds. The number of benzene rings is 1. The SMILES string of the molecule is COC1=CC(=O)CC(C)[C@]12Oc1c(Cl)c(OC)c(Cl)c(OC)c1C2=O. The lowest BCUT2D eigenvalue weighted by molar-refractivity contribution is -0.118. The van der Waals surface area contributed by atoms with E-state index in [4.69, 9.17) is 42.1 Å². The van der Waals surface area contributed by atoms with Crippen molar-refractivity contribution in [2.45, 2.75) is 18.9 Å². The van der Waals surface area contributed by atoms with Crippen LogP contribution >= 0.6 is 23.2 Å². The number of halogens is 2. The first-order valence-corrected chi connectivity index (χ1v) is 8.24. The van der Waals surface area contributed by atoms with Crippen molar-refractivity contribution in [2.75, 3.05) is 21.3 Å². The Morgan fingerprint density at radius 2 is 1.72 bits per heavy atom. The lowest BCUT2D eigenvalue weighted by Gasteiger charge is -2.36. The van der Waals surface area contributed by atoms with Crippen molar-refractivity contribution >= 4 is 34.8 Å². The Bertz CT molecular complexity index is 816. The zero-order chi connectivity index (χ0) is 18.5. The Morgan fingerprint density at radius 3 is 2.28 bits per heavy atom. The van der Waals surface area contributed by atoms with E-state index in [2.05, 4.69) is 0 Å². The maximum absolute atomic E-state index is 13.3. The molecule has 1 aromatic rings. The van der Waals surface area contributed by atoms with Gasteiger partial charge in [-0.25, -0.2) is 0 Å². The van der Waals surface area contributed by atoms with Crippen LogP contribution in [0.4, 0.5) is 0 Å². The summed E-state index contributed by atoms with van der Waals surface area (Å²) in [6.07, 6.45) is 1.42. The number of allylic oxidation sites excluding steroid dienone is 1. The molecule has 1 heterocycles. The Labute approximate surface area is 154 Å². The predicted molar refractivity (Wildman–Crippen MR) is 91.1 cm³/mol. The maximum Gasteiger partial charge on any atom is 0.231 e. The van der Waals surface area contributed by atoms with Gasteiger partial charge in [0.05, 0.1) is 21.3 Å². The predicted octanol–water partition coefficient (Wildman–Crippen LogP) is 3.46. The highest BCUT2D eigenvalue weighted by Crippen LogP contribution is 2.57. The minimum Gasteiger partial charge on any atom is -0.496 e. The first-order valence-electron chi connectivity index (χ1n) is 7.49. The molecule has 2 aliphatic rings. The summed E-state index contributed by atoms with van der Waals surface area (Å²) in [5, 5.41) is 0.137. The second-order valence-electron chi connectivity index (χ2n) is 5.85. The molecule has 1 aliphatic heterocycles. The standard InChI is InChI=1S/C17H16Cl2O6/c1-7-5-8(20)6-9(22-2)17(7)16(21)10-13(23-3)11(18)15(24-4)12(19)14(10)25-17/h6-7H,5H2,1-4H3/t7?,17-/m0/s1. The van der Waals surface area contributed by atoms with E-state index >= 15 is 0 Å². The maximum atomic E-state index is 13.3. The Kier molecular flexibility index (Phi) is 4.37. The number of rotatable bonds is 3. The molecule has 0 fully saturated rings. The van der Waals surface area contributed by atoms with Crippen molar-refractivity contribution in [3.63, 3.8) is 0 Å². The second kappa shape index (κ2) is 6.11. The number of carbonyl (C=O) groups is 2. The fraction of sp³-hybridized carbons (Fsp3) is 0.412. The summed E-state index contributed by atoms with van der Waals surface area (Å²) in [4.78, 5) is 25.2. The van der Waals surface area contributed by atoms with E-state index in [0.717, 1.165) is 0 Å². The molecule has 0 radical (unpaired) electrons. The fourth-order valence-electron chi connectivity index (χ4n) is 3.39. The number of ether oxygens (including phenoxy) is 4. The van der Waals surface area contributed by atoms with Gasteiger partial charge >= 0.3 is 0 Å². The molecule has 6 nitrogen and oxygen atoms in total. The molecule has 134 valence electrons. The fourth-order valence-corrected chi connectivity index (χ4v) is 4.09. The number of methoxy groups -OCH3 is 3. The highest BCUT2D eigenvalue weighted by atomic mass is 35.5. The third-order valence-corrected chi connectivity index (χ3v) is 5.25. The van der Waals surface area contributed by atoms with Crippen LogP contribution in [0.1, 0.15) is 23.7 Å². The van der Waals surface area contributed by atoms with Crippen molar-refractivity contribution in [2.24, 2.45) is 5.92 Å². The molecular weight excluding hydrogens is 371 g/mol. The molecule has 1 spiro atoms. The summed E-state index contributed by atoms with van der Waals surface area (Å²) in [6.45, 7) is 1.74. The molecule has 0 aromatic heterocycles. The molecule has 0 saturated carbocycles. The van der Waals surface area contributed by atoms with Gasteiger partial charge in [0.1, 0.15) is 15.6 Å². The van der Waals surface area contributed by atoms with Crippen molar-refractivity contribution < 1.29 is 28.5 Å². The zero-order valence-electron chi connectivity index (χ0n) is 14.1. The van der Waals surface area contributed by atoms with Crippen molar-refractivity contribution in [3.05, 3.63) is 27.4 Å². The average molecular weight is 387 g/mol. The van der Waals surface area contributed by atoms with Crippen LogP contribution in [0.2, 0.25) is 10.0 Å². The highest BCUT2D eigenvalue weighted by Gasteiger charge is 2.60. The topological polar surface area (TPSA) is 71.1 Å². The van der Waals surface area contributed by atoms with Crippen molar-refractivity contribution in [1.82, 2.24) is 0 Å².